The molecule has 2 aromatic carbocycles. The van der Waals surface area contributed by atoms with Gasteiger partial charge in [-0.3, -0.25) is 0 Å². The average molecular weight is 493 g/mol. The van der Waals surface area contributed by atoms with Crippen LogP contribution in [0.1, 0.15) is 132 Å². The summed E-state index contributed by atoms with van der Waals surface area (Å²) < 4.78 is 2.72. The molecule has 0 amide bonds. The highest BCUT2D eigenvalue weighted by Gasteiger charge is 2.51. The molecule has 0 saturated heterocycles. The predicted molar refractivity (Wildman–Crippen MR) is 158 cm³/mol. The van der Waals surface area contributed by atoms with Crippen molar-refractivity contribution in [1.82, 2.24) is 0 Å². The highest BCUT2D eigenvalue weighted by atomic mass is 15.1. The Bertz CT molecular complexity index is 1400. The van der Waals surface area contributed by atoms with Crippen molar-refractivity contribution in [2.75, 3.05) is 0 Å². The second-order valence-electron chi connectivity index (χ2n) is 13.0. The van der Waals surface area contributed by atoms with Crippen LogP contribution in [0, 0.1) is 6.92 Å². The first-order valence-corrected chi connectivity index (χ1v) is 15.1. The topological polar surface area (TPSA) is 3.88 Å². The smallest absolute Gasteiger partial charge is 0.182 e. The monoisotopic (exact) mass is 492 g/mol. The SMILES string of the molecule is C=C1c2c(cc(C)c3c2C2CCC3C2)-c2ccc3c(C(C)(C)CCCCC)cccc3[n+]2C1(CC)CC. The lowest BCUT2D eigenvalue weighted by Crippen LogP contribution is -2.60. The molecular formula is C36H46N+. The van der Waals surface area contributed by atoms with E-state index in [0.717, 1.165) is 24.7 Å². The Kier molecular flexibility index (Phi) is 5.94. The second-order valence-corrected chi connectivity index (χ2v) is 13.0. The molecule has 0 spiro atoms. The quantitative estimate of drug-likeness (QED) is 0.228. The van der Waals surface area contributed by atoms with E-state index in [2.05, 4.69) is 82.5 Å². The standard InChI is InChI=1S/C36H46N/c1-8-11-12-20-35(6,7)29-14-13-15-30-27(29)18-19-31-28-21-23(4)32-25-16-17-26(22-25)34(32)33(28)24(5)36(9-2,10-3)37(30)31/h13-15,18-19,21,25-26H,5,8-12,16-17,20,22H2,1-4,6-7H3/q+1. The van der Waals surface area contributed by atoms with Gasteiger partial charge in [-0.2, -0.15) is 4.57 Å². The van der Waals surface area contributed by atoms with Crippen LogP contribution in [-0.4, -0.2) is 0 Å². The third kappa shape index (κ3) is 3.38. The molecule has 1 heteroatoms. The number of aryl methyl sites for hydroxylation is 1. The molecule has 1 nitrogen and oxygen atoms in total. The van der Waals surface area contributed by atoms with Crippen LogP contribution in [0.15, 0.2) is 43.0 Å². The minimum absolute atomic E-state index is 0.0856. The molecule has 3 aliphatic rings. The van der Waals surface area contributed by atoms with Gasteiger partial charge in [0.2, 0.25) is 11.2 Å². The minimum atomic E-state index is -0.0856. The van der Waals surface area contributed by atoms with Gasteiger partial charge in [0.1, 0.15) is 0 Å². The van der Waals surface area contributed by atoms with Gasteiger partial charge in [0.15, 0.2) is 5.54 Å². The lowest BCUT2D eigenvalue weighted by atomic mass is 9.70. The van der Waals surface area contributed by atoms with Crippen LogP contribution in [0.25, 0.3) is 27.7 Å². The highest BCUT2D eigenvalue weighted by Crippen LogP contribution is 2.59. The summed E-state index contributed by atoms with van der Waals surface area (Å²) in [6.45, 7) is 19.3. The van der Waals surface area contributed by atoms with Crippen molar-refractivity contribution in [3.05, 3.63) is 70.8 Å². The number of aromatic nitrogens is 1. The first-order chi connectivity index (χ1) is 17.8. The van der Waals surface area contributed by atoms with Gasteiger partial charge in [-0.25, -0.2) is 0 Å². The van der Waals surface area contributed by atoms with Crippen molar-refractivity contribution in [3.63, 3.8) is 0 Å². The van der Waals surface area contributed by atoms with Crippen molar-refractivity contribution >= 4 is 16.5 Å². The van der Waals surface area contributed by atoms with Crippen LogP contribution in [0.2, 0.25) is 0 Å². The summed E-state index contributed by atoms with van der Waals surface area (Å²) in [4.78, 5) is 0. The van der Waals surface area contributed by atoms with Gasteiger partial charge >= 0.3 is 0 Å². The Morgan fingerprint density at radius 1 is 0.973 bits per heavy atom. The second kappa shape index (κ2) is 8.82. The fourth-order valence-corrected chi connectivity index (χ4v) is 8.72. The van der Waals surface area contributed by atoms with Crippen LogP contribution >= 0.6 is 0 Å². The van der Waals surface area contributed by atoms with Gasteiger partial charge in [0.25, 0.3) is 0 Å². The van der Waals surface area contributed by atoms with E-state index in [0.29, 0.717) is 0 Å². The van der Waals surface area contributed by atoms with Crippen molar-refractivity contribution in [2.45, 2.75) is 122 Å². The lowest BCUT2D eigenvalue weighted by Gasteiger charge is -2.38. The normalized spacial score (nSPS) is 21.3. The molecule has 37 heavy (non-hydrogen) atoms. The summed E-state index contributed by atoms with van der Waals surface area (Å²) >= 11 is 0. The van der Waals surface area contributed by atoms with E-state index in [1.807, 2.05) is 0 Å². The van der Waals surface area contributed by atoms with Crippen LogP contribution in [0.5, 0.6) is 0 Å². The van der Waals surface area contributed by atoms with Crippen LogP contribution < -0.4 is 4.57 Å². The molecule has 2 aliphatic carbocycles. The molecule has 2 unspecified atom stereocenters. The Morgan fingerprint density at radius 2 is 1.70 bits per heavy atom. The van der Waals surface area contributed by atoms with Gasteiger partial charge in [-0.05, 0) is 84.2 Å². The molecule has 1 aliphatic heterocycles. The number of unbranched alkanes of at least 4 members (excludes halogenated alkanes) is 2. The summed E-state index contributed by atoms with van der Waals surface area (Å²) in [5, 5.41) is 1.42. The van der Waals surface area contributed by atoms with E-state index >= 15 is 0 Å². The van der Waals surface area contributed by atoms with E-state index < -0.39 is 0 Å². The number of fused-ring (bicyclic) bond motifs is 11. The third-order valence-electron chi connectivity index (χ3n) is 10.7. The zero-order valence-electron chi connectivity index (χ0n) is 24.1. The average Bonchev–Trinajstić information content (AvgIpc) is 3.52. The number of hydrogen-bond donors (Lipinski definition) is 0. The summed E-state index contributed by atoms with van der Waals surface area (Å²) in [5.41, 5.74) is 13.5. The molecule has 1 fully saturated rings. The molecule has 1 saturated carbocycles. The summed E-state index contributed by atoms with van der Waals surface area (Å²) in [5.74, 6) is 1.51. The van der Waals surface area contributed by atoms with Gasteiger partial charge in [-0.1, -0.05) is 72.6 Å². The number of nitrogens with zero attached hydrogens (tertiary/aromatic N) is 1. The number of pyridine rings is 1. The maximum Gasteiger partial charge on any atom is 0.214 e. The molecule has 0 radical (unpaired) electrons. The molecule has 194 valence electrons. The number of hydrogen-bond acceptors (Lipinski definition) is 0. The molecule has 0 N–H and O–H groups in total. The van der Waals surface area contributed by atoms with E-state index in [1.165, 1.54) is 89.4 Å². The molecule has 2 atom stereocenters. The lowest BCUT2D eigenvalue weighted by molar-refractivity contribution is -0.718. The zero-order valence-corrected chi connectivity index (χ0v) is 24.1. The van der Waals surface area contributed by atoms with Gasteiger partial charge in [0, 0.05) is 36.1 Å². The van der Waals surface area contributed by atoms with E-state index in [-0.39, 0.29) is 11.0 Å². The molecule has 3 aromatic rings. The van der Waals surface area contributed by atoms with Gasteiger partial charge in [0.05, 0.1) is 10.9 Å². The Balaban J connectivity index is 1.64. The van der Waals surface area contributed by atoms with Crippen LogP contribution in [0.3, 0.4) is 0 Å². The number of rotatable bonds is 7. The van der Waals surface area contributed by atoms with Crippen LogP contribution in [0.4, 0.5) is 0 Å². The maximum atomic E-state index is 4.95. The van der Waals surface area contributed by atoms with Crippen molar-refractivity contribution in [2.24, 2.45) is 0 Å². The van der Waals surface area contributed by atoms with Crippen molar-refractivity contribution in [1.29, 1.82) is 0 Å². The number of allylic oxidation sites excluding steroid dienone is 1. The fourth-order valence-electron chi connectivity index (χ4n) is 8.72. The largest absolute Gasteiger partial charge is 0.214 e. The van der Waals surface area contributed by atoms with E-state index in [1.54, 1.807) is 11.1 Å². The zero-order chi connectivity index (χ0) is 26.1. The molecule has 2 heterocycles. The Morgan fingerprint density at radius 3 is 2.41 bits per heavy atom. The summed E-state index contributed by atoms with van der Waals surface area (Å²) in [7, 11) is 0. The van der Waals surface area contributed by atoms with E-state index in [4.69, 9.17) is 6.58 Å². The highest BCUT2D eigenvalue weighted by molar-refractivity contribution is 5.90. The third-order valence-corrected chi connectivity index (χ3v) is 10.7. The fraction of sp³-hybridized carbons (Fsp3) is 0.528. The van der Waals surface area contributed by atoms with Crippen LogP contribution in [-0.2, 0) is 11.0 Å². The summed E-state index contributed by atoms with van der Waals surface area (Å²) in [6, 6.07) is 14.5. The van der Waals surface area contributed by atoms with Crippen molar-refractivity contribution < 1.29 is 4.57 Å². The first-order valence-electron chi connectivity index (χ1n) is 15.1. The Hall–Kier alpha value is -2.41. The van der Waals surface area contributed by atoms with E-state index in [9.17, 15) is 0 Å². The number of benzene rings is 2. The molecule has 1 aromatic heterocycles. The first kappa shape index (κ1) is 24.9. The summed E-state index contributed by atoms with van der Waals surface area (Å²) in [6.07, 6.45) is 11.4. The van der Waals surface area contributed by atoms with Crippen molar-refractivity contribution in [3.8, 4) is 11.3 Å². The molecule has 6 rings (SSSR count). The molecule has 2 bridgehead atoms. The minimum Gasteiger partial charge on any atom is -0.182 e. The molecular weight excluding hydrogens is 446 g/mol. The maximum absolute atomic E-state index is 4.95. The predicted octanol–water partition coefficient (Wildman–Crippen LogP) is 9.87. The van der Waals surface area contributed by atoms with Gasteiger partial charge in [-0.15, -0.1) is 0 Å². The Labute approximate surface area is 225 Å². The van der Waals surface area contributed by atoms with Gasteiger partial charge < -0.3 is 0 Å².